The molecule has 1 aromatic carbocycles. The Morgan fingerprint density at radius 3 is 2.95 bits per heavy atom. The van der Waals surface area contributed by atoms with Crippen molar-refractivity contribution in [1.82, 2.24) is 0 Å². The molecule has 1 amide bonds. The molecule has 4 N–H and O–H groups in total. The fourth-order valence-electron chi connectivity index (χ4n) is 2.10. The third-order valence-electron chi connectivity index (χ3n) is 3.31. The fourth-order valence-corrected chi connectivity index (χ4v) is 3.68. The van der Waals surface area contributed by atoms with Crippen molar-refractivity contribution in [2.75, 3.05) is 11.1 Å². The zero-order chi connectivity index (χ0) is 14.8. The van der Waals surface area contributed by atoms with Gasteiger partial charge >= 0.3 is 0 Å². The first-order valence-corrected chi connectivity index (χ1v) is 7.97. The van der Waals surface area contributed by atoms with E-state index in [9.17, 15) is 4.79 Å². The van der Waals surface area contributed by atoms with E-state index < -0.39 is 4.75 Å². The Hall–Kier alpha value is -1.21. The van der Waals surface area contributed by atoms with Gasteiger partial charge in [-0.15, -0.1) is 11.8 Å². The number of oxime groups is 1. The average molecular weight is 358 g/mol. The lowest BCUT2D eigenvalue weighted by atomic mass is 10.0. The summed E-state index contributed by atoms with van der Waals surface area (Å²) >= 11 is 4.99. The second kappa shape index (κ2) is 6.05. The number of halogens is 1. The van der Waals surface area contributed by atoms with E-state index in [-0.39, 0.29) is 11.7 Å². The Morgan fingerprint density at radius 2 is 2.35 bits per heavy atom. The van der Waals surface area contributed by atoms with Gasteiger partial charge in [0.15, 0.2) is 5.84 Å². The quantitative estimate of drug-likeness (QED) is 0.336. The van der Waals surface area contributed by atoms with E-state index in [1.165, 1.54) is 0 Å². The number of benzene rings is 1. The Bertz CT molecular complexity index is 557. The molecule has 1 aromatic rings. The van der Waals surface area contributed by atoms with Crippen LogP contribution in [0.15, 0.2) is 27.8 Å². The first-order chi connectivity index (χ1) is 9.46. The highest BCUT2D eigenvalue weighted by Crippen LogP contribution is 2.38. The smallest absolute Gasteiger partial charge is 0.240 e. The lowest BCUT2D eigenvalue weighted by Gasteiger charge is -2.22. The molecule has 1 saturated heterocycles. The highest BCUT2D eigenvalue weighted by molar-refractivity contribution is 9.10. The van der Waals surface area contributed by atoms with E-state index in [1.807, 2.05) is 6.92 Å². The van der Waals surface area contributed by atoms with E-state index in [4.69, 9.17) is 10.9 Å². The molecule has 1 aliphatic rings. The average Bonchev–Trinajstić information content (AvgIpc) is 2.88. The number of hydrogen-bond acceptors (Lipinski definition) is 4. The molecule has 1 unspecified atom stereocenters. The minimum absolute atomic E-state index is 0.0363. The Morgan fingerprint density at radius 1 is 1.60 bits per heavy atom. The zero-order valence-electron chi connectivity index (χ0n) is 11.0. The molecule has 108 valence electrons. The Balaban J connectivity index is 2.27. The van der Waals surface area contributed by atoms with E-state index in [0.29, 0.717) is 11.3 Å². The molecule has 0 spiro atoms. The van der Waals surface area contributed by atoms with E-state index in [2.05, 4.69) is 26.4 Å². The SMILES string of the molecule is CC1(C(=O)Nc2ccc(Br)cc2/C(N)=N/O)CCCS1. The van der Waals surface area contributed by atoms with Crippen molar-refractivity contribution in [3.8, 4) is 0 Å². The summed E-state index contributed by atoms with van der Waals surface area (Å²) in [4.78, 5) is 12.4. The topological polar surface area (TPSA) is 87.7 Å². The Labute approximate surface area is 130 Å². The predicted octanol–water partition coefficient (Wildman–Crippen LogP) is 2.77. The van der Waals surface area contributed by atoms with Crippen LogP contribution in [0.2, 0.25) is 0 Å². The summed E-state index contributed by atoms with van der Waals surface area (Å²) in [5.41, 5.74) is 6.68. The van der Waals surface area contributed by atoms with Crippen LogP contribution in [0, 0.1) is 0 Å². The number of rotatable bonds is 3. The van der Waals surface area contributed by atoms with Crippen molar-refractivity contribution in [3.05, 3.63) is 28.2 Å². The van der Waals surface area contributed by atoms with Crippen molar-refractivity contribution in [2.45, 2.75) is 24.5 Å². The number of carbonyl (C=O) groups is 1. The summed E-state index contributed by atoms with van der Waals surface area (Å²) in [5.74, 6) is 0.914. The summed E-state index contributed by atoms with van der Waals surface area (Å²) in [7, 11) is 0. The number of amidine groups is 1. The van der Waals surface area contributed by atoms with Crippen molar-refractivity contribution < 1.29 is 10.0 Å². The molecule has 7 heteroatoms. The minimum atomic E-state index is -0.407. The number of anilines is 1. The van der Waals surface area contributed by atoms with Crippen molar-refractivity contribution in [1.29, 1.82) is 0 Å². The summed E-state index contributed by atoms with van der Waals surface area (Å²) in [6.45, 7) is 1.95. The van der Waals surface area contributed by atoms with Gasteiger partial charge in [-0.3, -0.25) is 4.79 Å². The minimum Gasteiger partial charge on any atom is -0.409 e. The van der Waals surface area contributed by atoms with Gasteiger partial charge < -0.3 is 16.3 Å². The molecule has 0 radical (unpaired) electrons. The normalized spacial score (nSPS) is 22.8. The van der Waals surface area contributed by atoms with E-state index in [1.54, 1.807) is 30.0 Å². The maximum atomic E-state index is 12.4. The summed E-state index contributed by atoms with van der Waals surface area (Å²) in [6, 6.07) is 5.24. The standard InChI is InChI=1S/C13H16BrN3O2S/c1-13(5-2-6-20-13)12(18)16-10-4-3-8(14)7-9(10)11(15)17-19/h3-4,7,19H,2,5-6H2,1H3,(H2,15,17)(H,16,18). The first kappa shape index (κ1) is 15.2. The summed E-state index contributed by atoms with van der Waals surface area (Å²) in [6.07, 6.45) is 1.90. The van der Waals surface area contributed by atoms with Crippen LogP contribution in [0.1, 0.15) is 25.3 Å². The number of nitrogens with zero attached hydrogens (tertiary/aromatic N) is 1. The fraction of sp³-hybridized carbons (Fsp3) is 0.385. The van der Waals surface area contributed by atoms with Crippen molar-refractivity contribution in [2.24, 2.45) is 10.9 Å². The van der Waals surface area contributed by atoms with Gasteiger partial charge in [-0.2, -0.15) is 0 Å². The van der Waals surface area contributed by atoms with Crippen LogP contribution in [0.3, 0.4) is 0 Å². The highest BCUT2D eigenvalue weighted by Gasteiger charge is 2.37. The summed E-state index contributed by atoms with van der Waals surface area (Å²) in [5, 5.41) is 14.7. The molecule has 20 heavy (non-hydrogen) atoms. The molecule has 0 aromatic heterocycles. The molecule has 0 bridgehead atoms. The second-order valence-corrected chi connectivity index (χ2v) is 7.33. The number of hydrogen-bond donors (Lipinski definition) is 3. The Kier molecular flexibility index (Phi) is 4.59. The van der Waals surface area contributed by atoms with Crippen LogP contribution in [-0.4, -0.2) is 27.4 Å². The molecule has 1 atom stereocenters. The van der Waals surface area contributed by atoms with Gasteiger partial charge in [0.1, 0.15) is 0 Å². The monoisotopic (exact) mass is 357 g/mol. The molecule has 0 saturated carbocycles. The van der Waals surface area contributed by atoms with Crippen LogP contribution in [0.25, 0.3) is 0 Å². The molecular formula is C13H16BrN3O2S. The lowest BCUT2D eigenvalue weighted by molar-refractivity contribution is -0.118. The van der Waals surface area contributed by atoms with Crippen LogP contribution in [-0.2, 0) is 4.79 Å². The molecule has 2 rings (SSSR count). The van der Waals surface area contributed by atoms with Crippen molar-refractivity contribution in [3.63, 3.8) is 0 Å². The van der Waals surface area contributed by atoms with E-state index in [0.717, 1.165) is 23.1 Å². The van der Waals surface area contributed by atoms with Gasteiger partial charge in [-0.1, -0.05) is 21.1 Å². The summed E-state index contributed by atoms with van der Waals surface area (Å²) < 4.78 is 0.383. The third kappa shape index (κ3) is 3.09. The molecular weight excluding hydrogens is 342 g/mol. The lowest BCUT2D eigenvalue weighted by Crippen LogP contribution is -2.35. The van der Waals surface area contributed by atoms with Crippen LogP contribution >= 0.6 is 27.7 Å². The number of amides is 1. The van der Waals surface area contributed by atoms with Crippen LogP contribution in [0.4, 0.5) is 5.69 Å². The van der Waals surface area contributed by atoms with Gasteiger partial charge in [0.05, 0.1) is 10.4 Å². The van der Waals surface area contributed by atoms with Gasteiger partial charge in [-0.25, -0.2) is 0 Å². The predicted molar refractivity (Wildman–Crippen MR) is 85.4 cm³/mol. The second-order valence-electron chi connectivity index (χ2n) is 4.81. The van der Waals surface area contributed by atoms with Crippen LogP contribution in [0.5, 0.6) is 0 Å². The maximum absolute atomic E-state index is 12.4. The zero-order valence-corrected chi connectivity index (χ0v) is 13.4. The molecule has 0 aliphatic carbocycles. The molecule has 1 heterocycles. The highest BCUT2D eigenvalue weighted by atomic mass is 79.9. The van der Waals surface area contributed by atoms with Crippen LogP contribution < -0.4 is 11.1 Å². The van der Waals surface area contributed by atoms with E-state index >= 15 is 0 Å². The number of nitrogens with one attached hydrogen (secondary N) is 1. The van der Waals surface area contributed by atoms with Gasteiger partial charge in [0.25, 0.3) is 0 Å². The third-order valence-corrected chi connectivity index (χ3v) is 5.33. The number of thioether (sulfide) groups is 1. The maximum Gasteiger partial charge on any atom is 0.240 e. The number of nitrogens with two attached hydrogens (primary N) is 1. The number of carbonyl (C=O) groups excluding carboxylic acids is 1. The van der Waals surface area contributed by atoms with Gasteiger partial charge in [0.2, 0.25) is 5.91 Å². The van der Waals surface area contributed by atoms with Gasteiger partial charge in [0, 0.05) is 10.0 Å². The largest absolute Gasteiger partial charge is 0.409 e. The van der Waals surface area contributed by atoms with Gasteiger partial charge in [-0.05, 0) is 43.7 Å². The first-order valence-electron chi connectivity index (χ1n) is 6.19. The molecule has 5 nitrogen and oxygen atoms in total. The van der Waals surface area contributed by atoms with Crippen molar-refractivity contribution >= 4 is 45.1 Å². The molecule has 1 aliphatic heterocycles. The molecule has 1 fully saturated rings.